The fourth-order valence-corrected chi connectivity index (χ4v) is 5.25. The van der Waals surface area contributed by atoms with Gasteiger partial charge in [-0.15, -0.1) is 0 Å². The molecule has 3 aliphatic rings. The third-order valence-corrected chi connectivity index (χ3v) is 6.50. The molecule has 4 rings (SSSR count). The average Bonchev–Trinajstić information content (AvgIpc) is 2.92. The summed E-state index contributed by atoms with van der Waals surface area (Å²) in [6.45, 7) is 2.69. The van der Waals surface area contributed by atoms with Gasteiger partial charge in [-0.05, 0) is 32.9 Å². The van der Waals surface area contributed by atoms with Gasteiger partial charge in [0.2, 0.25) is 0 Å². The highest BCUT2D eigenvalue weighted by Crippen LogP contribution is 2.48. The second-order valence-corrected chi connectivity index (χ2v) is 7.31. The molecule has 3 aliphatic heterocycles. The van der Waals surface area contributed by atoms with Crippen molar-refractivity contribution >= 4 is 23.4 Å². The van der Waals surface area contributed by atoms with E-state index in [4.69, 9.17) is 5.73 Å². The van der Waals surface area contributed by atoms with Crippen LogP contribution in [-0.4, -0.2) is 48.7 Å². The molecule has 6 heteroatoms. The number of imide groups is 1. The molecule has 3 atom stereocenters. The maximum atomic E-state index is 13.4. The highest BCUT2D eigenvalue weighted by molar-refractivity contribution is 6.23. The fraction of sp³-hybridized carbons (Fsp3) is 0.556. The molecule has 24 heavy (non-hydrogen) atoms. The highest BCUT2D eigenvalue weighted by atomic mass is 16.2. The normalized spacial score (nSPS) is 35.3. The van der Waals surface area contributed by atoms with Gasteiger partial charge < -0.3 is 5.73 Å². The molecule has 0 radical (unpaired) electrons. The standard InChI is InChI=1S/C18H24N4O2/c1-3-22(14-10-12-8-9-13(11-14)20(12)2)16-7-5-4-6-15(16)21(17(19)23)18(22)24/h4-7,12-14H,3,8-11H2,1-2H3,(H-,19,23)/p+1. The number of rotatable bonds is 2. The van der Waals surface area contributed by atoms with Crippen LogP contribution in [0.2, 0.25) is 0 Å². The third kappa shape index (κ3) is 1.84. The lowest BCUT2D eigenvalue weighted by Crippen LogP contribution is -2.65. The summed E-state index contributed by atoms with van der Waals surface area (Å²) >= 11 is 0. The molecule has 0 aliphatic carbocycles. The van der Waals surface area contributed by atoms with Crippen molar-refractivity contribution in [2.24, 2.45) is 5.73 Å². The number of primary amides is 1. The Bertz CT molecular complexity index is 692. The predicted octanol–water partition coefficient (Wildman–Crippen LogP) is 2.66. The van der Waals surface area contributed by atoms with Gasteiger partial charge in [0.15, 0.2) is 5.69 Å². The van der Waals surface area contributed by atoms with Crippen molar-refractivity contribution in [2.45, 2.75) is 50.7 Å². The number of para-hydroxylation sites is 2. The minimum Gasteiger partial charge on any atom is -0.351 e. The zero-order chi connectivity index (χ0) is 17.1. The molecule has 4 amide bonds. The Morgan fingerprint density at radius 1 is 1.25 bits per heavy atom. The maximum absolute atomic E-state index is 13.4. The van der Waals surface area contributed by atoms with Gasteiger partial charge in [-0.1, -0.05) is 12.1 Å². The van der Waals surface area contributed by atoms with Crippen LogP contribution in [0.4, 0.5) is 21.0 Å². The fourth-order valence-electron chi connectivity index (χ4n) is 5.25. The summed E-state index contributed by atoms with van der Waals surface area (Å²) in [5, 5.41) is 0. The number of anilines is 1. The monoisotopic (exact) mass is 329 g/mol. The van der Waals surface area contributed by atoms with Gasteiger partial charge in [0.05, 0.1) is 6.54 Å². The van der Waals surface area contributed by atoms with Crippen LogP contribution >= 0.6 is 0 Å². The van der Waals surface area contributed by atoms with Gasteiger partial charge in [-0.25, -0.2) is 14.1 Å². The first-order valence-electron chi connectivity index (χ1n) is 8.84. The zero-order valence-corrected chi connectivity index (χ0v) is 14.3. The van der Waals surface area contributed by atoms with Crippen LogP contribution in [0, 0.1) is 0 Å². The number of nitrogens with zero attached hydrogens (tertiary/aromatic N) is 3. The summed E-state index contributed by atoms with van der Waals surface area (Å²) in [5.74, 6) is 0. The lowest BCUT2D eigenvalue weighted by Gasteiger charge is -2.44. The summed E-state index contributed by atoms with van der Waals surface area (Å²) in [5.41, 5.74) is 7.13. The van der Waals surface area contributed by atoms with E-state index in [-0.39, 0.29) is 16.6 Å². The number of hydrogen-bond acceptors (Lipinski definition) is 3. The van der Waals surface area contributed by atoms with Crippen LogP contribution < -0.4 is 15.1 Å². The van der Waals surface area contributed by atoms with Crippen molar-refractivity contribution in [3.63, 3.8) is 0 Å². The quantitative estimate of drug-likeness (QED) is 0.848. The SMILES string of the molecule is CC[N+]1(C2CC3CCC(C2)N3C)C(=O)N(C(N)=O)c2ccccc21. The van der Waals surface area contributed by atoms with Gasteiger partial charge in [0.1, 0.15) is 11.7 Å². The van der Waals surface area contributed by atoms with Crippen LogP contribution in [0.5, 0.6) is 0 Å². The largest absolute Gasteiger partial charge is 0.437 e. The lowest BCUT2D eigenvalue weighted by atomic mass is 9.93. The Labute approximate surface area is 142 Å². The van der Waals surface area contributed by atoms with Gasteiger partial charge >= 0.3 is 12.1 Å². The van der Waals surface area contributed by atoms with Crippen molar-refractivity contribution in [2.75, 3.05) is 18.5 Å². The molecule has 128 valence electrons. The molecule has 0 saturated carbocycles. The number of carbonyl (C=O) groups is 2. The second kappa shape index (κ2) is 5.29. The highest BCUT2D eigenvalue weighted by Gasteiger charge is 2.59. The number of quaternary nitrogens is 1. The minimum atomic E-state index is -0.684. The Hall–Kier alpha value is -1.92. The summed E-state index contributed by atoms with van der Waals surface area (Å²) < 4.78 is 0.236. The number of amides is 4. The Morgan fingerprint density at radius 3 is 2.46 bits per heavy atom. The van der Waals surface area contributed by atoms with E-state index in [0.717, 1.165) is 18.5 Å². The summed E-state index contributed by atoms with van der Waals surface area (Å²) in [6.07, 6.45) is 4.40. The summed E-state index contributed by atoms with van der Waals surface area (Å²) in [4.78, 5) is 29.0. The first kappa shape index (κ1) is 15.6. The number of urea groups is 2. The number of fused-ring (bicyclic) bond motifs is 3. The molecule has 6 nitrogen and oxygen atoms in total. The number of carbonyl (C=O) groups excluding carboxylic acids is 2. The molecule has 1 aromatic rings. The molecule has 2 bridgehead atoms. The Kier molecular flexibility index (Phi) is 3.44. The van der Waals surface area contributed by atoms with E-state index in [1.807, 2.05) is 31.2 Å². The van der Waals surface area contributed by atoms with Crippen LogP contribution in [0.1, 0.15) is 32.6 Å². The van der Waals surface area contributed by atoms with Crippen molar-refractivity contribution in [3.8, 4) is 0 Å². The Balaban J connectivity index is 1.82. The van der Waals surface area contributed by atoms with Crippen molar-refractivity contribution < 1.29 is 9.59 Å². The topological polar surface area (TPSA) is 66.6 Å². The molecule has 2 N–H and O–H groups in total. The van der Waals surface area contributed by atoms with E-state index >= 15 is 0 Å². The van der Waals surface area contributed by atoms with Gasteiger partial charge in [0, 0.05) is 31.0 Å². The average molecular weight is 329 g/mol. The van der Waals surface area contributed by atoms with Crippen molar-refractivity contribution in [1.82, 2.24) is 9.38 Å². The molecule has 3 unspecified atom stereocenters. The van der Waals surface area contributed by atoms with Crippen LogP contribution in [0.25, 0.3) is 0 Å². The molecular formula is C18H25N4O2+. The van der Waals surface area contributed by atoms with E-state index < -0.39 is 6.03 Å². The Morgan fingerprint density at radius 2 is 1.88 bits per heavy atom. The molecule has 2 saturated heterocycles. The predicted molar refractivity (Wildman–Crippen MR) is 93.8 cm³/mol. The number of hydrogen-bond donors (Lipinski definition) is 1. The molecule has 1 aromatic carbocycles. The second-order valence-electron chi connectivity index (χ2n) is 7.31. The van der Waals surface area contributed by atoms with Gasteiger partial charge in [0.25, 0.3) is 0 Å². The van der Waals surface area contributed by atoms with Crippen molar-refractivity contribution in [1.29, 1.82) is 0 Å². The van der Waals surface area contributed by atoms with Crippen molar-refractivity contribution in [3.05, 3.63) is 24.3 Å². The third-order valence-electron chi connectivity index (χ3n) is 6.50. The maximum Gasteiger partial charge on any atom is 0.437 e. The minimum absolute atomic E-state index is 0.180. The smallest absolute Gasteiger partial charge is 0.351 e. The molecule has 2 fully saturated rings. The molecular weight excluding hydrogens is 304 g/mol. The number of benzene rings is 1. The van der Waals surface area contributed by atoms with Gasteiger partial charge in [-0.3, -0.25) is 4.90 Å². The zero-order valence-electron chi connectivity index (χ0n) is 14.3. The van der Waals surface area contributed by atoms with E-state index in [1.54, 1.807) is 0 Å². The molecule has 0 aromatic heterocycles. The molecule has 3 heterocycles. The number of piperidine rings is 1. The summed E-state index contributed by atoms with van der Waals surface area (Å²) in [7, 11) is 2.20. The van der Waals surface area contributed by atoms with Crippen LogP contribution in [0.3, 0.4) is 0 Å². The van der Waals surface area contributed by atoms with Crippen LogP contribution in [0.15, 0.2) is 24.3 Å². The van der Waals surface area contributed by atoms with E-state index in [0.29, 0.717) is 24.3 Å². The van der Waals surface area contributed by atoms with Gasteiger partial charge in [-0.2, -0.15) is 4.90 Å². The summed E-state index contributed by atoms with van der Waals surface area (Å²) in [6, 6.07) is 8.05. The van der Waals surface area contributed by atoms with E-state index in [1.165, 1.54) is 17.7 Å². The van der Waals surface area contributed by atoms with Crippen LogP contribution in [-0.2, 0) is 0 Å². The first-order valence-corrected chi connectivity index (χ1v) is 8.84. The van der Waals surface area contributed by atoms with E-state index in [2.05, 4.69) is 11.9 Å². The molecule has 0 spiro atoms. The number of nitrogens with two attached hydrogens (primary N) is 1. The lowest BCUT2D eigenvalue weighted by molar-refractivity contribution is 0.0999. The first-order chi connectivity index (χ1) is 11.5. The van der Waals surface area contributed by atoms with E-state index in [9.17, 15) is 9.59 Å².